The molecule has 0 N–H and O–H groups in total. The van der Waals surface area contributed by atoms with Gasteiger partial charge in [-0.15, -0.1) is 5.10 Å². The zero-order chi connectivity index (χ0) is 15.2. The Labute approximate surface area is 136 Å². The standard InChI is InChI=1S/C18H22N4O/c1-2-4-14-12-15(11-13(14)3-1)17-19-20-18(23-17)22-10-9-21-7-5-16(22)6-8-21/h1-4,15-16H,5-12H2. The summed E-state index contributed by atoms with van der Waals surface area (Å²) in [4.78, 5) is 4.90. The van der Waals surface area contributed by atoms with Crippen LogP contribution in [0.15, 0.2) is 28.7 Å². The second kappa shape index (κ2) is 5.34. The zero-order valence-electron chi connectivity index (χ0n) is 13.3. The van der Waals surface area contributed by atoms with Crippen molar-refractivity contribution >= 4 is 6.01 Å². The van der Waals surface area contributed by atoms with Crippen LogP contribution in [0.25, 0.3) is 0 Å². The Bertz CT molecular complexity index is 680. The molecule has 2 bridgehead atoms. The van der Waals surface area contributed by atoms with Crippen LogP contribution >= 0.6 is 0 Å². The molecule has 2 aromatic rings. The number of hydrogen-bond acceptors (Lipinski definition) is 5. The molecule has 3 fully saturated rings. The van der Waals surface area contributed by atoms with Crippen LogP contribution in [-0.4, -0.2) is 47.3 Å². The van der Waals surface area contributed by atoms with Crippen LogP contribution in [0.4, 0.5) is 6.01 Å². The molecule has 3 aliphatic heterocycles. The smallest absolute Gasteiger partial charge is 0.318 e. The van der Waals surface area contributed by atoms with Crippen molar-refractivity contribution < 1.29 is 4.42 Å². The molecule has 5 nitrogen and oxygen atoms in total. The van der Waals surface area contributed by atoms with Crippen LogP contribution in [-0.2, 0) is 12.8 Å². The zero-order valence-corrected chi connectivity index (χ0v) is 13.3. The maximum Gasteiger partial charge on any atom is 0.318 e. The van der Waals surface area contributed by atoms with Gasteiger partial charge in [0.1, 0.15) is 0 Å². The van der Waals surface area contributed by atoms with E-state index in [0.717, 1.165) is 37.8 Å². The van der Waals surface area contributed by atoms with E-state index in [0.29, 0.717) is 12.0 Å². The summed E-state index contributed by atoms with van der Waals surface area (Å²) < 4.78 is 6.13. The van der Waals surface area contributed by atoms with E-state index in [9.17, 15) is 0 Å². The highest BCUT2D eigenvalue weighted by molar-refractivity contribution is 5.35. The predicted octanol–water partition coefficient (Wildman–Crippen LogP) is 2.24. The van der Waals surface area contributed by atoms with Crippen LogP contribution < -0.4 is 4.90 Å². The Hall–Kier alpha value is -1.88. The lowest BCUT2D eigenvalue weighted by Gasteiger charge is -2.30. The largest absolute Gasteiger partial charge is 0.408 e. The second-order valence-electron chi connectivity index (χ2n) is 7.06. The van der Waals surface area contributed by atoms with Gasteiger partial charge in [0.25, 0.3) is 0 Å². The fraction of sp³-hybridized carbons (Fsp3) is 0.556. The van der Waals surface area contributed by atoms with Gasteiger partial charge < -0.3 is 14.2 Å². The minimum atomic E-state index is 0.348. The fourth-order valence-corrected chi connectivity index (χ4v) is 4.38. The third-order valence-electron chi connectivity index (χ3n) is 5.73. The highest BCUT2D eigenvalue weighted by Gasteiger charge is 2.33. The summed E-state index contributed by atoms with van der Waals surface area (Å²) in [6, 6.07) is 9.98. The van der Waals surface area contributed by atoms with E-state index in [2.05, 4.69) is 44.3 Å². The van der Waals surface area contributed by atoms with Crippen LogP contribution in [0.2, 0.25) is 0 Å². The number of anilines is 1. The molecule has 1 aromatic heterocycles. The van der Waals surface area contributed by atoms with Gasteiger partial charge in [0.15, 0.2) is 0 Å². The Kier molecular flexibility index (Phi) is 3.14. The Morgan fingerprint density at radius 1 is 0.913 bits per heavy atom. The molecule has 0 amide bonds. The topological polar surface area (TPSA) is 45.4 Å². The molecular weight excluding hydrogens is 288 g/mol. The first kappa shape index (κ1) is 13.5. The number of hydrogen-bond donors (Lipinski definition) is 0. The summed E-state index contributed by atoms with van der Waals surface area (Å²) in [5.41, 5.74) is 2.86. The lowest BCUT2D eigenvalue weighted by atomic mass is 10.1. The number of benzene rings is 1. The van der Waals surface area contributed by atoms with Crippen LogP contribution in [0.1, 0.15) is 35.8 Å². The van der Waals surface area contributed by atoms with Crippen LogP contribution in [0.5, 0.6) is 0 Å². The summed E-state index contributed by atoms with van der Waals surface area (Å²) in [5, 5.41) is 8.79. The minimum absolute atomic E-state index is 0.348. The average Bonchev–Trinajstić information content (AvgIpc) is 3.14. The lowest BCUT2D eigenvalue weighted by Crippen LogP contribution is -2.38. The van der Waals surface area contributed by atoms with Crippen molar-refractivity contribution in [3.05, 3.63) is 41.3 Å². The highest BCUT2D eigenvalue weighted by atomic mass is 16.4. The summed E-state index contributed by atoms with van der Waals surface area (Å²) in [6.07, 6.45) is 4.48. The summed E-state index contributed by atoms with van der Waals surface area (Å²) in [5.74, 6) is 1.16. The molecule has 0 saturated carbocycles. The molecule has 0 unspecified atom stereocenters. The number of fused-ring (bicyclic) bond motifs is 5. The van der Waals surface area contributed by atoms with Crippen molar-refractivity contribution in [2.75, 3.05) is 31.1 Å². The Morgan fingerprint density at radius 3 is 2.39 bits per heavy atom. The molecular formula is C18H22N4O. The second-order valence-corrected chi connectivity index (χ2v) is 7.06. The molecule has 5 heteroatoms. The minimum Gasteiger partial charge on any atom is -0.408 e. The van der Waals surface area contributed by atoms with Gasteiger partial charge in [0.2, 0.25) is 5.89 Å². The molecule has 4 heterocycles. The van der Waals surface area contributed by atoms with E-state index in [4.69, 9.17) is 4.42 Å². The van der Waals surface area contributed by atoms with Gasteiger partial charge in [-0.1, -0.05) is 29.4 Å². The molecule has 3 saturated heterocycles. The molecule has 120 valence electrons. The SMILES string of the molecule is c1ccc2c(c1)CC(c1nnc(N3CCN4CCC3CC4)o1)C2. The average molecular weight is 310 g/mol. The number of aromatic nitrogens is 2. The molecule has 1 aromatic carbocycles. The molecule has 0 radical (unpaired) electrons. The van der Waals surface area contributed by atoms with Crippen molar-refractivity contribution in [1.82, 2.24) is 15.1 Å². The fourth-order valence-electron chi connectivity index (χ4n) is 4.38. The van der Waals surface area contributed by atoms with E-state index in [1.807, 2.05) is 0 Å². The monoisotopic (exact) mass is 310 g/mol. The van der Waals surface area contributed by atoms with Gasteiger partial charge in [0, 0.05) is 38.1 Å². The molecule has 6 rings (SSSR count). The van der Waals surface area contributed by atoms with Crippen LogP contribution in [0, 0.1) is 0 Å². The van der Waals surface area contributed by atoms with E-state index >= 15 is 0 Å². The van der Waals surface area contributed by atoms with Crippen molar-refractivity contribution in [3.63, 3.8) is 0 Å². The number of rotatable bonds is 2. The highest BCUT2D eigenvalue weighted by Crippen LogP contribution is 2.35. The molecule has 4 aliphatic rings. The molecule has 1 aliphatic carbocycles. The maximum absolute atomic E-state index is 6.13. The van der Waals surface area contributed by atoms with Gasteiger partial charge in [-0.05, 0) is 36.8 Å². The first-order valence-corrected chi connectivity index (χ1v) is 8.76. The van der Waals surface area contributed by atoms with Crippen LogP contribution in [0.3, 0.4) is 0 Å². The van der Waals surface area contributed by atoms with Crippen molar-refractivity contribution in [2.24, 2.45) is 0 Å². The molecule has 23 heavy (non-hydrogen) atoms. The molecule has 0 spiro atoms. The van der Waals surface area contributed by atoms with E-state index < -0.39 is 0 Å². The Morgan fingerprint density at radius 2 is 1.65 bits per heavy atom. The molecule has 0 atom stereocenters. The first-order chi connectivity index (χ1) is 11.4. The van der Waals surface area contributed by atoms with Crippen molar-refractivity contribution in [3.8, 4) is 0 Å². The predicted molar refractivity (Wildman–Crippen MR) is 87.7 cm³/mol. The van der Waals surface area contributed by atoms with E-state index in [1.165, 1.54) is 37.1 Å². The maximum atomic E-state index is 6.13. The number of nitrogens with zero attached hydrogens (tertiary/aromatic N) is 4. The number of piperidine rings is 1. The van der Waals surface area contributed by atoms with Gasteiger partial charge in [0.05, 0.1) is 0 Å². The van der Waals surface area contributed by atoms with Crippen molar-refractivity contribution in [2.45, 2.75) is 37.6 Å². The first-order valence-electron chi connectivity index (χ1n) is 8.76. The van der Waals surface area contributed by atoms with Gasteiger partial charge >= 0.3 is 6.01 Å². The summed E-state index contributed by atoms with van der Waals surface area (Å²) in [7, 11) is 0. The third-order valence-corrected chi connectivity index (χ3v) is 5.73. The summed E-state index contributed by atoms with van der Waals surface area (Å²) >= 11 is 0. The normalized spacial score (nSPS) is 27.2. The third kappa shape index (κ3) is 2.34. The lowest BCUT2D eigenvalue weighted by molar-refractivity contribution is 0.249. The van der Waals surface area contributed by atoms with E-state index in [1.54, 1.807) is 0 Å². The summed E-state index contributed by atoms with van der Waals surface area (Å²) in [6.45, 7) is 4.54. The Balaban J connectivity index is 1.37. The van der Waals surface area contributed by atoms with Gasteiger partial charge in [-0.25, -0.2) is 0 Å². The van der Waals surface area contributed by atoms with Gasteiger partial charge in [-0.3, -0.25) is 0 Å². The quantitative estimate of drug-likeness (QED) is 0.851. The van der Waals surface area contributed by atoms with Gasteiger partial charge in [-0.2, -0.15) is 0 Å². The van der Waals surface area contributed by atoms with Crippen molar-refractivity contribution in [1.29, 1.82) is 0 Å². The van der Waals surface area contributed by atoms with E-state index in [-0.39, 0.29) is 0 Å².